The Kier molecular flexibility index (Phi) is 6.73. The topological polar surface area (TPSA) is 12.0 Å². The molecule has 0 amide bonds. The van der Waals surface area contributed by atoms with Crippen molar-refractivity contribution >= 4 is 11.6 Å². The summed E-state index contributed by atoms with van der Waals surface area (Å²) in [7, 11) is 0. The third-order valence-corrected chi connectivity index (χ3v) is 3.98. The molecule has 0 saturated carbocycles. The molecule has 0 aromatic heterocycles. The molecular formula is C16H26ClN. The molecular weight excluding hydrogens is 242 g/mol. The van der Waals surface area contributed by atoms with Crippen LogP contribution in [0, 0.1) is 12.8 Å². The number of nitrogens with one attached hydrogen (secondary N) is 1. The van der Waals surface area contributed by atoms with Crippen LogP contribution < -0.4 is 5.32 Å². The molecule has 1 aromatic carbocycles. The van der Waals surface area contributed by atoms with E-state index >= 15 is 0 Å². The number of rotatable bonds is 7. The molecule has 2 heteroatoms. The van der Waals surface area contributed by atoms with Gasteiger partial charge in [-0.1, -0.05) is 63.4 Å². The molecule has 1 aromatic rings. The Balaban J connectivity index is 2.86. The molecule has 0 aliphatic heterocycles. The average molecular weight is 268 g/mol. The van der Waals surface area contributed by atoms with Gasteiger partial charge in [-0.3, -0.25) is 0 Å². The molecule has 2 atom stereocenters. The first-order valence-electron chi connectivity index (χ1n) is 7.08. The molecule has 102 valence electrons. The number of aryl methyl sites for hydroxylation is 1. The Bertz CT molecular complexity index is 362. The summed E-state index contributed by atoms with van der Waals surface area (Å²) >= 11 is 6.44. The van der Waals surface area contributed by atoms with Crippen LogP contribution in [0.2, 0.25) is 5.02 Å². The minimum atomic E-state index is 0.379. The van der Waals surface area contributed by atoms with Crippen molar-refractivity contribution < 1.29 is 0 Å². The van der Waals surface area contributed by atoms with Crippen LogP contribution in [0.1, 0.15) is 57.2 Å². The zero-order valence-electron chi connectivity index (χ0n) is 12.1. The standard InChI is InChI=1S/C16H26ClN/c1-5-8-12(3)11-15(18-6-2)14-10-7-9-13(4)16(14)17/h7,9-10,12,15,18H,5-6,8,11H2,1-4H3. The number of hydrogen-bond acceptors (Lipinski definition) is 1. The highest BCUT2D eigenvalue weighted by molar-refractivity contribution is 6.32. The van der Waals surface area contributed by atoms with Crippen LogP contribution in [0.15, 0.2) is 18.2 Å². The first-order chi connectivity index (χ1) is 8.60. The molecule has 0 saturated heterocycles. The van der Waals surface area contributed by atoms with Gasteiger partial charge in [-0.05, 0) is 36.9 Å². The zero-order chi connectivity index (χ0) is 13.5. The van der Waals surface area contributed by atoms with Crippen LogP contribution in [-0.2, 0) is 0 Å². The normalized spacial score (nSPS) is 14.5. The van der Waals surface area contributed by atoms with Crippen molar-refractivity contribution in [2.24, 2.45) is 5.92 Å². The van der Waals surface area contributed by atoms with E-state index in [9.17, 15) is 0 Å². The van der Waals surface area contributed by atoms with E-state index in [0.29, 0.717) is 6.04 Å². The average Bonchev–Trinajstić information content (AvgIpc) is 2.32. The van der Waals surface area contributed by atoms with Crippen molar-refractivity contribution in [3.63, 3.8) is 0 Å². The zero-order valence-corrected chi connectivity index (χ0v) is 12.8. The van der Waals surface area contributed by atoms with Crippen molar-refractivity contribution in [1.29, 1.82) is 0 Å². The second kappa shape index (κ2) is 7.81. The van der Waals surface area contributed by atoms with Gasteiger partial charge in [0.2, 0.25) is 0 Å². The van der Waals surface area contributed by atoms with Gasteiger partial charge in [-0.15, -0.1) is 0 Å². The highest BCUT2D eigenvalue weighted by Crippen LogP contribution is 2.30. The molecule has 0 fully saturated rings. The fourth-order valence-corrected chi connectivity index (χ4v) is 2.78. The van der Waals surface area contributed by atoms with E-state index in [4.69, 9.17) is 11.6 Å². The Morgan fingerprint density at radius 1 is 1.28 bits per heavy atom. The molecule has 0 aliphatic carbocycles. The fourth-order valence-electron chi connectivity index (χ4n) is 2.52. The summed E-state index contributed by atoms with van der Waals surface area (Å²) in [5.74, 6) is 0.732. The highest BCUT2D eigenvalue weighted by atomic mass is 35.5. The van der Waals surface area contributed by atoms with Crippen LogP contribution in [0.5, 0.6) is 0 Å². The first kappa shape index (κ1) is 15.5. The second-order valence-corrected chi connectivity index (χ2v) is 5.60. The van der Waals surface area contributed by atoms with E-state index in [0.717, 1.165) is 23.9 Å². The predicted molar refractivity (Wildman–Crippen MR) is 81.3 cm³/mol. The summed E-state index contributed by atoms with van der Waals surface area (Å²) in [6.45, 7) is 9.79. The smallest absolute Gasteiger partial charge is 0.0482 e. The van der Waals surface area contributed by atoms with E-state index in [2.05, 4.69) is 51.2 Å². The van der Waals surface area contributed by atoms with Gasteiger partial charge in [-0.2, -0.15) is 0 Å². The van der Waals surface area contributed by atoms with E-state index < -0.39 is 0 Å². The SMILES string of the molecule is CCCC(C)CC(NCC)c1cccc(C)c1Cl. The van der Waals surface area contributed by atoms with Crippen molar-refractivity contribution in [3.05, 3.63) is 34.3 Å². The maximum Gasteiger partial charge on any atom is 0.0482 e. The summed E-state index contributed by atoms with van der Waals surface area (Å²) in [6.07, 6.45) is 3.69. The molecule has 0 spiro atoms. The van der Waals surface area contributed by atoms with Crippen molar-refractivity contribution in [3.8, 4) is 0 Å². The van der Waals surface area contributed by atoms with E-state index in [1.807, 2.05) is 0 Å². The molecule has 1 nitrogen and oxygen atoms in total. The minimum absolute atomic E-state index is 0.379. The van der Waals surface area contributed by atoms with Gasteiger partial charge in [0.25, 0.3) is 0 Å². The summed E-state index contributed by atoms with van der Waals surface area (Å²) in [4.78, 5) is 0. The Morgan fingerprint density at radius 3 is 2.61 bits per heavy atom. The van der Waals surface area contributed by atoms with E-state index in [1.54, 1.807) is 0 Å². The van der Waals surface area contributed by atoms with Crippen molar-refractivity contribution in [2.75, 3.05) is 6.54 Å². The minimum Gasteiger partial charge on any atom is -0.310 e. The molecule has 0 heterocycles. The maximum absolute atomic E-state index is 6.44. The predicted octanol–water partition coefficient (Wildman–Crippen LogP) is 5.13. The summed E-state index contributed by atoms with van der Waals surface area (Å²) in [6, 6.07) is 6.71. The van der Waals surface area contributed by atoms with Gasteiger partial charge in [0, 0.05) is 11.1 Å². The third-order valence-electron chi connectivity index (χ3n) is 3.47. The van der Waals surface area contributed by atoms with E-state index in [-0.39, 0.29) is 0 Å². The Hall–Kier alpha value is -0.530. The third kappa shape index (κ3) is 4.29. The van der Waals surface area contributed by atoms with Crippen LogP contribution >= 0.6 is 11.6 Å². The Labute approximate surface area is 117 Å². The van der Waals surface area contributed by atoms with E-state index in [1.165, 1.54) is 24.0 Å². The molecule has 2 unspecified atom stereocenters. The molecule has 0 radical (unpaired) electrons. The number of halogens is 1. The lowest BCUT2D eigenvalue weighted by molar-refractivity contribution is 0.395. The van der Waals surface area contributed by atoms with Crippen molar-refractivity contribution in [1.82, 2.24) is 5.32 Å². The molecule has 1 N–H and O–H groups in total. The number of hydrogen-bond donors (Lipinski definition) is 1. The monoisotopic (exact) mass is 267 g/mol. The quantitative estimate of drug-likeness (QED) is 0.723. The van der Waals surface area contributed by atoms with Gasteiger partial charge in [-0.25, -0.2) is 0 Å². The lowest BCUT2D eigenvalue weighted by Crippen LogP contribution is -2.23. The summed E-state index contributed by atoms with van der Waals surface area (Å²) < 4.78 is 0. The lowest BCUT2D eigenvalue weighted by Gasteiger charge is -2.23. The molecule has 1 rings (SSSR count). The van der Waals surface area contributed by atoms with Gasteiger partial charge in [0.1, 0.15) is 0 Å². The van der Waals surface area contributed by atoms with Gasteiger partial charge >= 0.3 is 0 Å². The molecule has 0 bridgehead atoms. The highest BCUT2D eigenvalue weighted by Gasteiger charge is 2.17. The molecule has 0 aliphatic rings. The van der Waals surface area contributed by atoms with Crippen LogP contribution in [-0.4, -0.2) is 6.54 Å². The number of benzene rings is 1. The summed E-state index contributed by atoms with van der Waals surface area (Å²) in [5.41, 5.74) is 2.42. The van der Waals surface area contributed by atoms with Gasteiger partial charge in [0.15, 0.2) is 0 Å². The van der Waals surface area contributed by atoms with Crippen molar-refractivity contribution in [2.45, 2.75) is 53.0 Å². The lowest BCUT2D eigenvalue weighted by atomic mass is 9.92. The Morgan fingerprint density at radius 2 is 2.00 bits per heavy atom. The van der Waals surface area contributed by atoms with Crippen LogP contribution in [0.3, 0.4) is 0 Å². The summed E-state index contributed by atoms with van der Waals surface area (Å²) in [5, 5.41) is 4.50. The molecule has 18 heavy (non-hydrogen) atoms. The van der Waals surface area contributed by atoms with Gasteiger partial charge in [0.05, 0.1) is 0 Å². The maximum atomic E-state index is 6.44. The van der Waals surface area contributed by atoms with Crippen LogP contribution in [0.25, 0.3) is 0 Å². The fraction of sp³-hybridized carbons (Fsp3) is 0.625. The second-order valence-electron chi connectivity index (χ2n) is 5.22. The van der Waals surface area contributed by atoms with Crippen LogP contribution in [0.4, 0.5) is 0 Å². The largest absolute Gasteiger partial charge is 0.310 e. The van der Waals surface area contributed by atoms with Gasteiger partial charge < -0.3 is 5.32 Å². The first-order valence-corrected chi connectivity index (χ1v) is 7.46.